The number of ether oxygens (including phenoxy) is 1. The molecule has 4 bridgehead atoms. The van der Waals surface area contributed by atoms with Crippen molar-refractivity contribution in [2.24, 2.45) is 23.7 Å². The maximum atomic E-state index is 11.1. The molecular formula is C16H17N3O4. The predicted octanol–water partition coefficient (Wildman–Crippen LogP) is 3.33. The molecule has 1 aromatic heterocycles. The van der Waals surface area contributed by atoms with Crippen LogP contribution in [0.1, 0.15) is 32.1 Å². The molecule has 4 aliphatic carbocycles. The Kier molecular flexibility index (Phi) is 2.69. The van der Waals surface area contributed by atoms with Gasteiger partial charge in [-0.25, -0.2) is 4.63 Å². The molecule has 0 spiro atoms. The van der Waals surface area contributed by atoms with E-state index in [9.17, 15) is 10.1 Å². The molecule has 0 N–H and O–H groups in total. The van der Waals surface area contributed by atoms with Gasteiger partial charge in [-0.15, -0.1) is 0 Å². The molecule has 0 saturated heterocycles. The van der Waals surface area contributed by atoms with Crippen molar-refractivity contribution in [2.75, 3.05) is 0 Å². The molecule has 120 valence electrons. The van der Waals surface area contributed by atoms with Crippen LogP contribution in [-0.4, -0.2) is 21.3 Å². The summed E-state index contributed by atoms with van der Waals surface area (Å²) in [5, 5.41) is 18.6. The number of non-ortho nitro benzene ring substituents is 1. The second-order valence-electron chi connectivity index (χ2n) is 7.31. The molecule has 0 radical (unpaired) electrons. The van der Waals surface area contributed by atoms with Gasteiger partial charge in [0.2, 0.25) is 5.52 Å². The first kappa shape index (κ1) is 13.3. The number of aromatic nitrogens is 2. The van der Waals surface area contributed by atoms with Gasteiger partial charge in [-0.1, -0.05) is 0 Å². The average Bonchev–Trinajstić information content (AvgIpc) is 2.99. The first-order chi connectivity index (χ1) is 11.2. The third kappa shape index (κ3) is 1.95. The quantitative estimate of drug-likeness (QED) is 0.637. The Morgan fingerprint density at radius 1 is 1.04 bits per heavy atom. The van der Waals surface area contributed by atoms with Crippen LogP contribution < -0.4 is 4.74 Å². The van der Waals surface area contributed by atoms with Gasteiger partial charge in [-0.05, 0) is 72.2 Å². The van der Waals surface area contributed by atoms with Gasteiger partial charge in [0.1, 0.15) is 6.10 Å². The molecule has 7 nitrogen and oxygen atoms in total. The number of hydrogen-bond acceptors (Lipinski definition) is 6. The molecule has 23 heavy (non-hydrogen) atoms. The molecule has 7 heteroatoms. The molecule has 4 aliphatic rings. The highest BCUT2D eigenvalue weighted by Gasteiger charge is 2.49. The topological polar surface area (TPSA) is 91.3 Å². The van der Waals surface area contributed by atoms with Crippen LogP contribution in [-0.2, 0) is 0 Å². The monoisotopic (exact) mass is 315 g/mol. The summed E-state index contributed by atoms with van der Waals surface area (Å²) in [6.45, 7) is 0. The number of hydrogen-bond donors (Lipinski definition) is 0. The van der Waals surface area contributed by atoms with Crippen LogP contribution >= 0.6 is 0 Å². The van der Waals surface area contributed by atoms with Crippen molar-refractivity contribution in [3.05, 3.63) is 22.2 Å². The van der Waals surface area contributed by atoms with Crippen LogP contribution in [0.2, 0.25) is 0 Å². The van der Waals surface area contributed by atoms with Crippen molar-refractivity contribution in [2.45, 2.75) is 38.2 Å². The van der Waals surface area contributed by atoms with Crippen molar-refractivity contribution in [1.29, 1.82) is 0 Å². The lowest BCUT2D eigenvalue weighted by molar-refractivity contribution is -0.383. The number of nitro groups is 1. The Morgan fingerprint density at radius 2 is 1.70 bits per heavy atom. The van der Waals surface area contributed by atoms with E-state index in [0.29, 0.717) is 23.1 Å². The van der Waals surface area contributed by atoms with Crippen LogP contribution in [0.4, 0.5) is 5.69 Å². The van der Waals surface area contributed by atoms with Crippen molar-refractivity contribution in [3.63, 3.8) is 0 Å². The summed E-state index contributed by atoms with van der Waals surface area (Å²) in [4.78, 5) is 10.6. The Balaban J connectivity index is 1.49. The average molecular weight is 315 g/mol. The number of rotatable bonds is 3. The molecule has 0 atom stereocenters. The largest absolute Gasteiger partial charge is 0.487 e. The van der Waals surface area contributed by atoms with Crippen molar-refractivity contribution in [1.82, 2.24) is 10.3 Å². The molecule has 1 aromatic carbocycles. The third-order valence-electron chi connectivity index (χ3n) is 5.96. The smallest absolute Gasteiger partial charge is 0.301 e. The van der Waals surface area contributed by atoms with E-state index in [2.05, 4.69) is 10.3 Å². The Bertz CT molecular complexity index is 759. The highest BCUT2D eigenvalue weighted by atomic mass is 16.6. The number of fused-ring (bicyclic) bond motifs is 1. The Labute approximate surface area is 132 Å². The minimum Gasteiger partial charge on any atom is -0.487 e. The predicted molar refractivity (Wildman–Crippen MR) is 79.9 cm³/mol. The zero-order chi connectivity index (χ0) is 15.6. The third-order valence-corrected chi connectivity index (χ3v) is 5.96. The lowest BCUT2D eigenvalue weighted by atomic mass is 9.55. The van der Waals surface area contributed by atoms with Crippen LogP contribution in [0.25, 0.3) is 11.0 Å². The van der Waals surface area contributed by atoms with Gasteiger partial charge in [0.15, 0.2) is 11.3 Å². The minimum atomic E-state index is -0.473. The van der Waals surface area contributed by atoms with Crippen LogP contribution in [0, 0.1) is 33.8 Å². The molecule has 2 aromatic rings. The van der Waals surface area contributed by atoms with E-state index in [4.69, 9.17) is 9.37 Å². The summed E-state index contributed by atoms with van der Waals surface area (Å²) in [5.41, 5.74) is 0.419. The summed E-state index contributed by atoms with van der Waals surface area (Å²) < 4.78 is 11.0. The van der Waals surface area contributed by atoms with Gasteiger partial charge in [-0.2, -0.15) is 0 Å². The van der Waals surface area contributed by atoms with Crippen LogP contribution in [0.3, 0.4) is 0 Å². The molecule has 0 amide bonds. The van der Waals surface area contributed by atoms with Gasteiger partial charge in [0.25, 0.3) is 0 Å². The molecule has 0 unspecified atom stereocenters. The normalized spacial score (nSPS) is 34.9. The van der Waals surface area contributed by atoms with E-state index in [1.54, 1.807) is 6.07 Å². The number of nitro benzene ring substituents is 1. The lowest BCUT2D eigenvalue weighted by Crippen LogP contribution is -2.50. The Hall–Kier alpha value is -2.18. The van der Waals surface area contributed by atoms with Gasteiger partial charge < -0.3 is 4.74 Å². The van der Waals surface area contributed by atoms with Gasteiger partial charge >= 0.3 is 5.69 Å². The maximum Gasteiger partial charge on any atom is 0.301 e. The zero-order valence-corrected chi connectivity index (χ0v) is 12.6. The maximum absolute atomic E-state index is 11.1. The molecule has 4 saturated carbocycles. The molecule has 6 rings (SSSR count). The minimum absolute atomic E-state index is 0.0984. The van der Waals surface area contributed by atoms with Crippen molar-refractivity contribution >= 4 is 16.7 Å². The highest BCUT2D eigenvalue weighted by molar-refractivity contribution is 5.88. The van der Waals surface area contributed by atoms with Crippen LogP contribution in [0.5, 0.6) is 5.75 Å². The molecular weight excluding hydrogens is 298 g/mol. The van der Waals surface area contributed by atoms with E-state index >= 15 is 0 Å². The SMILES string of the molecule is O=[N+]([O-])c1ccc(OC2C3CC4CC(C3)CC2C4)c2nonc12. The summed E-state index contributed by atoms with van der Waals surface area (Å²) >= 11 is 0. The first-order valence-electron chi connectivity index (χ1n) is 8.25. The number of nitrogens with zero attached hydrogens (tertiary/aromatic N) is 3. The summed E-state index contributed by atoms with van der Waals surface area (Å²) in [7, 11) is 0. The zero-order valence-electron chi connectivity index (χ0n) is 12.6. The van der Waals surface area contributed by atoms with Gasteiger partial charge in [-0.3, -0.25) is 10.1 Å². The van der Waals surface area contributed by atoms with E-state index in [0.717, 1.165) is 11.8 Å². The number of benzene rings is 1. The van der Waals surface area contributed by atoms with E-state index in [-0.39, 0.29) is 17.3 Å². The first-order valence-corrected chi connectivity index (χ1v) is 8.25. The second-order valence-corrected chi connectivity index (χ2v) is 7.31. The van der Waals surface area contributed by atoms with Crippen molar-refractivity contribution < 1.29 is 14.3 Å². The Morgan fingerprint density at radius 3 is 2.35 bits per heavy atom. The fourth-order valence-corrected chi connectivity index (χ4v) is 5.29. The fourth-order valence-electron chi connectivity index (χ4n) is 5.29. The highest BCUT2D eigenvalue weighted by Crippen LogP contribution is 2.54. The summed E-state index contributed by atoms with van der Waals surface area (Å²) in [6.07, 6.45) is 6.62. The van der Waals surface area contributed by atoms with Crippen molar-refractivity contribution in [3.8, 4) is 5.75 Å². The lowest BCUT2D eigenvalue weighted by Gasteiger charge is -2.53. The summed E-state index contributed by atoms with van der Waals surface area (Å²) in [5.74, 6) is 3.53. The second kappa shape index (κ2) is 4.66. The molecule has 0 aliphatic heterocycles. The van der Waals surface area contributed by atoms with Gasteiger partial charge in [0, 0.05) is 6.07 Å². The van der Waals surface area contributed by atoms with Crippen LogP contribution in [0.15, 0.2) is 16.8 Å². The summed E-state index contributed by atoms with van der Waals surface area (Å²) in [6, 6.07) is 3.06. The van der Waals surface area contributed by atoms with E-state index < -0.39 is 4.92 Å². The van der Waals surface area contributed by atoms with Gasteiger partial charge in [0.05, 0.1) is 4.92 Å². The van der Waals surface area contributed by atoms with E-state index in [1.807, 2.05) is 0 Å². The molecule has 4 fully saturated rings. The van der Waals surface area contributed by atoms with E-state index in [1.165, 1.54) is 38.2 Å². The fraction of sp³-hybridized carbons (Fsp3) is 0.625. The molecule has 1 heterocycles. The standard InChI is InChI=1S/C16H17N3O4/c20-19(21)12-1-2-13(15-14(12)17-23-18-15)22-16-10-4-8-3-9(6-10)7-11(16)5-8/h1-2,8-11,16H,3-7H2.